The highest BCUT2D eigenvalue weighted by atomic mass is 32.2. The molecule has 0 bridgehead atoms. The van der Waals surface area contributed by atoms with Gasteiger partial charge in [-0.25, -0.2) is 9.67 Å². The first-order valence-electron chi connectivity index (χ1n) is 14.5. The zero-order valence-electron chi connectivity index (χ0n) is 23.9. The normalized spacial score (nSPS) is 23.2. The van der Waals surface area contributed by atoms with E-state index < -0.39 is 12.1 Å². The van der Waals surface area contributed by atoms with E-state index in [0.717, 1.165) is 37.1 Å². The van der Waals surface area contributed by atoms with Crippen molar-refractivity contribution < 1.29 is 14.4 Å². The Bertz CT molecular complexity index is 1130. The number of piperidine rings is 1. The fourth-order valence-corrected chi connectivity index (χ4v) is 5.75. The fraction of sp³-hybridized carbons (Fsp3) is 0.621. The maximum Gasteiger partial charge on any atom is 0.243 e. The van der Waals surface area contributed by atoms with Gasteiger partial charge in [-0.1, -0.05) is 50.6 Å². The molecular formula is C29H43N7O3S. The van der Waals surface area contributed by atoms with E-state index in [1.807, 2.05) is 60.0 Å². The second-order valence-corrected chi connectivity index (χ2v) is 11.9. The van der Waals surface area contributed by atoms with Gasteiger partial charge < -0.3 is 20.9 Å². The van der Waals surface area contributed by atoms with Gasteiger partial charge in [0.1, 0.15) is 6.04 Å². The topological polar surface area (TPSA) is 121 Å². The Morgan fingerprint density at radius 2 is 1.88 bits per heavy atom. The van der Waals surface area contributed by atoms with E-state index in [1.54, 1.807) is 11.8 Å². The van der Waals surface area contributed by atoms with Crippen LogP contribution in [-0.2, 0) is 20.9 Å². The minimum atomic E-state index is -0.640. The standard InChI is InChI=1S/C29H43N7O3S/c1-20(2)25-27-33-26(21-10-5-4-6-11-21)34-36(27)18-17-35(29(39)23-12-7-8-15-30-23)16-9-13-24(37)31-22(14-19-40-3)28(38)32-25/h4-6,10-11,20,22-23,25,30H,7-9,12-19H2,1-3H3,(H,31,37)(H,32,38)/t22-,23-,25?/m0/s1. The lowest BCUT2D eigenvalue weighted by Gasteiger charge is -2.31. The Balaban J connectivity index is 1.69. The first-order chi connectivity index (χ1) is 19.4. The average Bonchev–Trinajstić information content (AvgIpc) is 3.39. The summed E-state index contributed by atoms with van der Waals surface area (Å²) in [7, 11) is 0. The molecule has 3 amide bonds. The Morgan fingerprint density at radius 1 is 1.07 bits per heavy atom. The van der Waals surface area contributed by atoms with E-state index in [-0.39, 0.29) is 36.1 Å². The number of rotatable bonds is 6. The van der Waals surface area contributed by atoms with Crippen LogP contribution in [0.15, 0.2) is 30.3 Å². The number of fused-ring (bicyclic) bond motifs is 1. The molecule has 1 saturated heterocycles. The molecule has 11 heteroatoms. The summed E-state index contributed by atoms with van der Waals surface area (Å²) in [5.41, 5.74) is 0.888. The van der Waals surface area contributed by atoms with Crippen molar-refractivity contribution in [1.82, 2.24) is 35.6 Å². The number of aromatic nitrogens is 3. The number of carbonyl (C=O) groups excluding carboxylic acids is 3. The third kappa shape index (κ3) is 7.84. The first kappa shape index (κ1) is 30.0. The van der Waals surface area contributed by atoms with Gasteiger partial charge in [0, 0.05) is 25.1 Å². The van der Waals surface area contributed by atoms with Crippen molar-refractivity contribution in [1.29, 1.82) is 0 Å². The highest BCUT2D eigenvalue weighted by Gasteiger charge is 2.31. The summed E-state index contributed by atoms with van der Waals surface area (Å²) >= 11 is 1.64. The molecule has 0 aliphatic carbocycles. The largest absolute Gasteiger partial charge is 0.344 e. The SMILES string of the molecule is CSCC[C@@H]1NC(=O)CCCN(C(=O)[C@@H]2CCCCN2)CCn2nc(-c3ccccc3)nc2C(C(C)C)NC1=O. The Kier molecular flexibility index (Phi) is 11.0. The first-order valence-corrected chi connectivity index (χ1v) is 15.9. The zero-order chi connectivity index (χ0) is 28.5. The van der Waals surface area contributed by atoms with Crippen LogP contribution in [0, 0.1) is 5.92 Å². The molecule has 0 radical (unpaired) electrons. The van der Waals surface area contributed by atoms with E-state index in [4.69, 9.17) is 10.1 Å². The van der Waals surface area contributed by atoms with E-state index in [1.165, 1.54) is 0 Å². The molecule has 1 aromatic heterocycles. The lowest BCUT2D eigenvalue weighted by Crippen LogP contribution is -2.51. The van der Waals surface area contributed by atoms with Gasteiger partial charge >= 0.3 is 0 Å². The number of hydrogen-bond donors (Lipinski definition) is 3. The number of carbonyl (C=O) groups is 3. The predicted octanol–water partition coefficient (Wildman–Crippen LogP) is 2.76. The van der Waals surface area contributed by atoms with Gasteiger partial charge in [0.2, 0.25) is 17.7 Å². The number of amides is 3. The lowest BCUT2D eigenvalue weighted by molar-refractivity contribution is -0.134. The molecule has 10 nitrogen and oxygen atoms in total. The maximum atomic E-state index is 13.6. The lowest BCUT2D eigenvalue weighted by atomic mass is 10.0. The van der Waals surface area contributed by atoms with Crippen molar-refractivity contribution in [2.75, 3.05) is 31.6 Å². The molecule has 4 rings (SSSR count). The monoisotopic (exact) mass is 569 g/mol. The van der Waals surface area contributed by atoms with Crippen LogP contribution in [0.4, 0.5) is 0 Å². The number of hydrogen-bond acceptors (Lipinski definition) is 7. The third-order valence-corrected chi connectivity index (χ3v) is 8.21. The number of nitrogens with one attached hydrogen (secondary N) is 3. The summed E-state index contributed by atoms with van der Waals surface area (Å²) in [6, 6.07) is 8.52. The van der Waals surface area contributed by atoms with Crippen LogP contribution in [0.2, 0.25) is 0 Å². The minimum absolute atomic E-state index is 0.0181. The molecule has 218 valence electrons. The quantitative estimate of drug-likeness (QED) is 0.489. The molecule has 3 N–H and O–H groups in total. The maximum absolute atomic E-state index is 13.6. The van der Waals surface area contributed by atoms with Crippen LogP contribution in [-0.4, -0.2) is 81.1 Å². The molecule has 2 aliphatic rings. The summed E-state index contributed by atoms with van der Waals surface area (Å²) < 4.78 is 1.85. The van der Waals surface area contributed by atoms with E-state index in [0.29, 0.717) is 44.1 Å². The van der Waals surface area contributed by atoms with Crippen LogP contribution in [0.1, 0.15) is 64.2 Å². The van der Waals surface area contributed by atoms with Gasteiger partial charge in [0.15, 0.2) is 11.6 Å². The zero-order valence-corrected chi connectivity index (χ0v) is 24.7. The van der Waals surface area contributed by atoms with Crippen LogP contribution < -0.4 is 16.0 Å². The van der Waals surface area contributed by atoms with E-state index >= 15 is 0 Å². The highest BCUT2D eigenvalue weighted by Crippen LogP contribution is 2.25. The van der Waals surface area contributed by atoms with Crippen LogP contribution >= 0.6 is 11.8 Å². The predicted molar refractivity (Wildman–Crippen MR) is 158 cm³/mol. The van der Waals surface area contributed by atoms with Crippen molar-refractivity contribution in [3.05, 3.63) is 36.2 Å². The van der Waals surface area contributed by atoms with Gasteiger partial charge in [-0.05, 0) is 50.2 Å². The van der Waals surface area contributed by atoms with Crippen molar-refractivity contribution in [2.24, 2.45) is 5.92 Å². The summed E-state index contributed by atoms with van der Waals surface area (Å²) in [5, 5.41) is 14.4. The molecule has 2 aliphatic heterocycles. The average molecular weight is 570 g/mol. The molecular weight excluding hydrogens is 526 g/mol. The van der Waals surface area contributed by atoms with Crippen molar-refractivity contribution in [2.45, 2.75) is 77.0 Å². The van der Waals surface area contributed by atoms with Crippen molar-refractivity contribution in [3.8, 4) is 11.4 Å². The summed E-state index contributed by atoms with van der Waals surface area (Å²) in [5.74, 6) is 1.69. The van der Waals surface area contributed by atoms with Crippen LogP contribution in [0.25, 0.3) is 11.4 Å². The Morgan fingerprint density at radius 3 is 2.58 bits per heavy atom. The minimum Gasteiger partial charge on any atom is -0.344 e. The second kappa shape index (κ2) is 14.6. The molecule has 0 saturated carbocycles. The van der Waals surface area contributed by atoms with Crippen molar-refractivity contribution in [3.63, 3.8) is 0 Å². The summed E-state index contributed by atoms with van der Waals surface area (Å²) in [6.45, 7) is 6.26. The third-order valence-electron chi connectivity index (χ3n) is 7.57. The highest BCUT2D eigenvalue weighted by molar-refractivity contribution is 7.98. The number of benzene rings is 1. The number of nitrogens with zero attached hydrogens (tertiary/aromatic N) is 4. The van der Waals surface area contributed by atoms with Gasteiger partial charge in [-0.3, -0.25) is 14.4 Å². The van der Waals surface area contributed by atoms with Gasteiger partial charge in [-0.15, -0.1) is 0 Å². The van der Waals surface area contributed by atoms with Crippen molar-refractivity contribution >= 4 is 29.5 Å². The molecule has 0 spiro atoms. The Labute approximate surface area is 241 Å². The summed E-state index contributed by atoms with van der Waals surface area (Å²) in [6.07, 6.45) is 6.22. The van der Waals surface area contributed by atoms with Crippen LogP contribution in [0.5, 0.6) is 0 Å². The molecule has 1 aromatic carbocycles. The molecule has 3 atom stereocenters. The molecule has 1 unspecified atom stereocenters. The second-order valence-electron chi connectivity index (χ2n) is 10.9. The smallest absolute Gasteiger partial charge is 0.243 e. The van der Waals surface area contributed by atoms with Crippen LogP contribution in [0.3, 0.4) is 0 Å². The molecule has 1 fully saturated rings. The fourth-order valence-electron chi connectivity index (χ4n) is 5.27. The number of thioether (sulfide) groups is 1. The van der Waals surface area contributed by atoms with E-state index in [2.05, 4.69) is 16.0 Å². The molecule has 40 heavy (non-hydrogen) atoms. The molecule has 2 aromatic rings. The summed E-state index contributed by atoms with van der Waals surface area (Å²) in [4.78, 5) is 46.7. The van der Waals surface area contributed by atoms with Gasteiger partial charge in [0.05, 0.1) is 18.6 Å². The van der Waals surface area contributed by atoms with Gasteiger partial charge in [0.25, 0.3) is 0 Å². The molecule has 3 heterocycles. The van der Waals surface area contributed by atoms with Gasteiger partial charge in [-0.2, -0.15) is 16.9 Å². The van der Waals surface area contributed by atoms with E-state index in [9.17, 15) is 14.4 Å². The Hall–Kier alpha value is -2.92.